The number of hydrogen-bond acceptors (Lipinski definition) is 4. The zero-order valence-corrected chi connectivity index (χ0v) is 16.5. The topological polar surface area (TPSA) is 104 Å². The van der Waals surface area contributed by atoms with Crippen molar-refractivity contribution in [2.24, 2.45) is 0 Å². The van der Waals surface area contributed by atoms with Crippen LogP contribution in [0.15, 0.2) is 49.1 Å². The van der Waals surface area contributed by atoms with Crippen molar-refractivity contribution in [2.75, 3.05) is 6.54 Å². The maximum absolute atomic E-state index is 13.5. The Balaban J connectivity index is 1.71. The molecule has 0 radical (unpaired) electrons. The zero-order valence-electron chi connectivity index (χ0n) is 14.9. The summed E-state index contributed by atoms with van der Waals surface area (Å²) in [6.07, 6.45) is 7.00. The molecule has 29 heavy (non-hydrogen) atoms. The van der Waals surface area contributed by atoms with Crippen LogP contribution in [0.2, 0.25) is 5.15 Å². The van der Waals surface area contributed by atoms with Gasteiger partial charge >= 0.3 is 0 Å². The lowest BCUT2D eigenvalue weighted by Gasteiger charge is -2.08. The molecule has 0 fully saturated rings. The number of nitrogens with zero attached hydrogens (tertiary/aromatic N) is 3. The summed E-state index contributed by atoms with van der Waals surface area (Å²) in [6, 6.07) is 6.93. The molecule has 0 amide bonds. The summed E-state index contributed by atoms with van der Waals surface area (Å²) >= 11 is 4.08. The Labute approximate surface area is 172 Å². The van der Waals surface area contributed by atoms with Gasteiger partial charge in [-0.1, -0.05) is 11.6 Å². The maximum Gasteiger partial charge on any atom is 0.231 e. The highest BCUT2D eigenvalue weighted by atomic mass is 35.5. The minimum absolute atomic E-state index is 0.279. The molecule has 0 saturated carbocycles. The minimum Gasteiger partial charge on any atom is -0.346 e. The van der Waals surface area contributed by atoms with Crippen LogP contribution >= 0.6 is 11.6 Å². The SMILES string of the molecule is O=S(O)NCCc1cc(-c2cnc3[nH]cc(-c4ccnc(F)c4)c3c2)cnc1Cl. The number of nitrogens with one attached hydrogen (secondary N) is 2. The lowest BCUT2D eigenvalue weighted by atomic mass is 10.0. The van der Waals surface area contributed by atoms with Crippen molar-refractivity contribution in [1.82, 2.24) is 24.7 Å². The van der Waals surface area contributed by atoms with E-state index in [2.05, 4.69) is 24.7 Å². The third-order valence-corrected chi connectivity index (χ3v) is 5.22. The van der Waals surface area contributed by atoms with Crippen LogP contribution in [0, 0.1) is 5.95 Å². The molecule has 0 bridgehead atoms. The number of rotatable bonds is 6. The minimum atomic E-state index is -2.08. The van der Waals surface area contributed by atoms with Gasteiger partial charge in [-0.2, -0.15) is 4.39 Å². The highest BCUT2D eigenvalue weighted by molar-refractivity contribution is 7.77. The van der Waals surface area contributed by atoms with Gasteiger partial charge in [-0.3, -0.25) is 4.55 Å². The molecule has 148 valence electrons. The summed E-state index contributed by atoms with van der Waals surface area (Å²) in [4.78, 5) is 15.4. The predicted molar refractivity (Wildman–Crippen MR) is 110 cm³/mol. The molecule has 7 nitrogen and oxygen atoms in total. The van der Waals surface area contributed by atoms with Crippen molar-refractivity contribution < 1.29 is 13.2 Å². The van der Waals surface area contributed by atoms with Gasteiger partial charge in [-0.05, 0) is 35.7 Å². The fourth-order valence-electron chi connectivity index (χ4n) is 3.07. The van der Waals surface area contributed by atoms with Crippen LogP contribution < -0.4 is 4.72 Å². The Kier molecular flexibility index (Phi) is 5.63. The molecule has 0 aromatic carbocycles. The standard InChI is InChI=1S/C19H15ClFN5O2S/c20-18-12(2-4-26-29(27)28)5-13(8-23-18)14-6-15-16(10-25-19(15)24-9-14)11-1-3-22-17(21)7-11/h1,3,5-10,26H,2,4H2,(H,24,25)(H,27,28). The van der Waals surface area contributed by atoms with Gasteiger partial charge in [-0.15, -0.1) is 0 Å². The maximum atomic E-state index is 13.5. The van der Waals surface area contributed by atoms with Crippen molar-refractivity contribution in [3.05, 3.63) is 65.7 Å². The van der Waals surface area contributed by atoms with Crippen molar-refractivity contribution in [2.45, 2.75) is 6.42 Å². The van der Waals surface area contributed by atoms with E-state index >= 15 is 0 Å². The van der Waals surface area contributed by atoms with E-state index in [1.165, 1.54) is 12.3 Å². The van der Waals surface area contributed by atoms with Crippen LogP contribution in [0.5, 0.6) is 0 Å². The fraction of sp³-hybridized carbons (Fsp3) is 0.105. The van der Waals surface area contributed by atoms with Gasteiger partial charge in [0.05, 0.1) is 0 Å². The lowest BCUT2D eigenvalue weighted by Crippen LogP contribution is -2.19. The predicted octanol–water partition coefficient (Wildman–Crippen LogP) is 3.75. The number of pyridine rings is 3. The Morgan fingerprint density at radius 1 is 1.14 bits per heavy atom. The summed E-state index contributed by atoms with van der Waals surface area (Å²) in [7, 11) is 0. The first-order chi connectivity index (χ1) is 14.0. The first-order valence-electron chi connectivity index (χ1n) is 8.59. The first kappa shape index (κ1) is 19.6. The van der Waals surface area contributed by atoms with Gasteiger partial charge in [-0.25, -0.2) is 23.9 Å². The summed E-state index contributed by atoms with van der Waals surface area (Å²) in [5.74, 6) is -0.551. The molecular weight excluding hydrogens is 417 g/mol. The molecule has 0 spiro atoms. The van der Waals surface area contributed by atoms with E-state index in [0.717, 1.165) is 27.6 Å². The molecule has 10 heteroatoms. The second-order valence-corrected chi connectivity index (χ2v) is 7.40. The summed E-state index contributed by atoms with van der Waals surface area (Å²) in [5.41, 5.74) is 4.55. The Morgan fingerprint density at radius 2 is 1.93 bits per heavy atom. The first-order valence-corrected chi connectivity index (χ1v) is 10.1. The molecule has 0 aliphatic carbocycles. The van der Waals surface area contributed by atoms with E-state index in [1.54, 1.807) is 24.7 Å². The van der Waals surface area contributed by atoms with Crippen LogP contribution in [-0.4, -0.2) is 35.2 Å². The smallest absolute Gasteiger partial charge is 0.231 e. The second kappa shape index (κ2) is 8.34. The van der Waals surface area contributed by atoms with Crippen molar-refractivity contribution in [3.8, 4) is 22.3 Å². The van der Waals surface area contributed by atoms with Gasteiger partial charge in [0.2, 0.25) is 17.2 Å². The molecule has 0 aliphatic rings. The highest BCUT2D eigenvalue weighted by Gasteiger charge is 2.12. The molecule has 3 N–H and O–H groups in total. The van der Waals surface area contributed by atoms with Gasteiger partial charge in [0.15, 0.2) is 0 Å². The largest absolute Gasteiger partial charge is 0.346 e. The normalized spacial score (nSPS) is 12.4. The van der Waals surface area contributed by atoms with Crippen molar-refractivity contribution in [3.63, 3.8) is 0 Å². The van der Waals surface area contributed by atoms with Crippen LogP contribution in [0.3, 0.4) is 0 Å². The lowest BCUT2D eigenvalue weighted by molar-refractivity contribution is 0.549. The second-order valence-electron chi connectivity index (χ2n) is 6.26. The van der Waals surface area contributed by atoms with Gasteiger partial charge in [0.25, 0.3) is 0 Å². The van der Waals surface area contributed by atoms with E-state index in [-0.39, 0.29) is 6.54 Å². The number of H-pyrrole nitrogens is 1. The van der Waals surface area contributed by atoms with Gasteiger partial charge < -0.3 is 4.98 Å². The quantitative estimate of drug-likeness (QED) is 0.318. The molecular formula is C19H15ClFN5O2S. The van der Waals surface area contributed by atoms with Crippen LogP contribution in [0.1, 0.15) is 5.56 Å². The number of aromatic amines is 1. The van der Waals surface area contributed by atoms with Gasteiger partial charge in [0.1, 0.15) is 10.8 Å². The third-order valence-electron chi connectivity index (χ3n) is 4.43. The molecule has 4 heterocycles. The van der Waals surface area contributed by atoms with E-state index in [0.29, 0.717) is 22.8 Å². The summed E-state index contributed by atoms with van der Waals surface area (Å²) in [5, 5.41) is 1.17. The molecule has 4 rings (SSSR count). The van der Waals surface area contributed by atoms with Crippen LogP contribution in [-0.2, 0) is 17.7 Å². The summed E-state index contributed by atoms with van der Waals surface area (Å²) in [6.45, 7) is 0.279. The van der Waals surface area contributed by atoms with Gasteiger partial charge in [0, 0.05) is 59.5 Å². The molecule has 1 atom stereocenters. The molecule has 4 aromatic rings. The van der Waals surface area contributed by atoms with E-state index < -0.39 is 17.2 Å². The highest BCUT2D eigenvalue weighted by Crippen LogP contribution is 2.31. The molecule has 1 unspecified atom stereocenters. The fourth-order valence-corrected chi connectivity index (χ4v) is 3.54. The third kappa shape index (κ3) is 4.33. The van der Waals surface area contributed by atoms with Crippen molar-refractivity contribution in [1.29, 1.82) is 0 Å². The van der Waals surface area contributed by atoms with E-state index in [1.807, 2.05) is 12.1 Å². The number of hydrogen-bond donors (Lipinski definition) is 3. The zero-order chi connectivity index (χ0) is 20.4. The Hall–Kier alpha value is -2.72. The number of aromatic nitrogens is 4. The Morgan fingerprint density at radius 3 is 2.72 bits per heavy atom. The molecule has 0 aliphatic heterocycles. The average molecular weight is 432 g/mol. The Bertz CT molecular complexity index is 1220. The van der Waals surface area contributed by atoms with Crippen molar-refractivity contribution >= 4 is 33.9 Å². The monoisotopic (exact) mass is 431 g/mol. The molecule has 0 saturated heterocycles. The van der Waals surface area contributed by atoms with Crippen LogP contribution in [0.4, 0.5) is 4.39 Å². The molecule has 4 aromatic heterocycles. The summed E-state index contributed by atoms with van der Waals surface area (Å²) < 4.78 is 35.5. The number of halogens is 2. The number of fused-ring (bicyclic) bond motifs is 1. The van der Waals surface area contributed by atoms with Crippen LogP contribution in [0.25, 0.3) is 33.3 Å². The van der Waals surface area contributed by atoms with E-state index in [4.69, 9.17) is 16.2 Å². The van der Waals surface area contributed by atoms with E-state index in [9.17, 15) is 8.60 Å². The average Bonchev–Trinajstić information content (AvgIpc) is 3.12.